The number of aromatic nitrogens is 2. The number of hydrogen-bond acceptors (Lipinski definition) is 4. The average Bonchev–Trinajstić information content (AvgIpc) is 3.68. The van der Waals surface area contributed by atoms with Crippen molar-refractivity contribution in [3.8, 4) is 11.5 Å². The molecule has 6 rings (SSSR count). The Morgan fingerprint density at radius 2 is 1.53 bits per heavy atom. The Hall–Kier alpha value is -3.31. The van der Waals surface area contributed by atoms with E-state index in [1.54, 1.807) is 0 Å². The van der Waals surface area contributed by atoms with Gasteiger partial charge >= 0.3 is 0 Å². The minimum absolute atomic E-state index is 0.328. The van der Waals surface area contributed by atoms with Gasteiger partial charge in [0, 0.05) is 6.54 Å². The summed E-state index contributed by atoms with van der Waals surface area (Å²) in [5.41, 5.74) is 4.72. The van der Waals surface area contributed by atoms with Gasteiger partial charge in [-0.2, -0.15) is 0 Å². The van der Waals surface area contributed by atoms with E-state index in [1.165, 1.54) is 56.3 Å². The van der Waals surface area contributed by atoms with E-state index in [2.05, 4.69) is 75.1 Å². The molecule has 36 heavy (non-hydrogen) atoms. The Labute approximate surface area is 213 Å². The second-order valence-electron chi connectivity index (χ2n) is 10.2. The molecule has 1 atom stereocenters. The molecule has 3 aromatic carbocycles. The van der Waals surface area contributed by atoms with Crippen molar-refractivity contribution in [2.24, 2.45) is 5.92 Å². The van der Waals surface area contributed by atoms with Crippen LogP contribution in [0.15, 0.2) is 79.1 Å². The van der Waals surface area contributed by atoms with E-state index in [0.717, 1.165) is 35.7 Å². The van der Waals surface area contributed by atoms with Gasteiger partial charge in [0.05, 0.1) is 23.4 Å². The number of nitrogens with zero attached hydrogens (tertiary/aromatic N) is 3. The summed E-state index contributed by atoms with van der Waals surface area (Å²) in [4.78, 5) is 7.13. The lowest BCUT2D eigenvalue weighted by atomic mass is 10.0. The highest BCUT2D eigenvalue weighted by Gasteiger charge is 2.34. The minimum Gasteiger partial charge on any atom is -0.492 e. The molecule has 1 aromatic heterocycles. The van der Waals surface area contributed by atoms with Crippen LogP contribution in [0, 0.1) is 5.92 Å². The molecule has 1 unspecified atom stereocenters. The molecule has 0 radical (unpaired) electrons. The van der Waals surface area contributed by atoms with E-state index < -0.39 is 0 Å². The standard InChI is InChI=1S/C31H35N3O2/c1-4-18-33(19-5-1)20-21-35-27-14-8-24(9-15-27)22-36-28-16-12-26(13-17-28)31(25-10-11-25)34-23-32-29-6-2-3-7-30(29)34/h2-3,6-9,12-17,23,25,31H,1,4-5,10-11,18-22H2. The van der Waals surface area contributed by atoms with Gasteiger partial charge in [0.15, 0.2) is 0 Å². The summed E-state index contributed by atoms with van der Waals surface area (Å²) in [6.07, 6.45) is 8.55. The van der Waals surface area contributed by atoms with E-state index >= 15 is 0 Å². The van der Waals surface area contributed by atoms with Crippen LogP contribution < -0.4 is 9.47 Å². The number of imidazole rings is 1. The highest BCUT2D eigenvalue weighted by atomic mass is 16.5. The van der Waals surface area contributed by atoms with Gasteiger partial charge in [-0.15, -0.1) is 0 Å². The highest BCUT2D eigenvalue weighted by molar-refractivity contribution is 5.75. The Morgan fingerprint density at radius 3 is 2.31 bits per heavy atom. The quantitative estimate of drug-likeness (QED) is 0.260. The molecule has 0 N–H and O–H groups in total. The fraction of sp³-hybridized carbons (Fsp3) is 0.387. The van der Waals surface area contributed by atoms with Gasteiger partial charge in [-0.1, -0.05) is 42.8 Å². The van der Waals surface area contributed by atoms with Crippen LogP contribution in [0.2, 0.25) is 0 Å². The van der Waals surface area contributed by atoms with Crippen molar-refractivity contribution in [2.75, 3.05) is 26.2 Å². The molecule has 1 aliphatic heterocycles. The number of rotatable bonds is 10. The van der Waals surface area contributed by atoms with Gasteiger partial charge in [-0.05, 0) is 92.2 Å². The van der Waals surface area contributed by atoms with Crippen LogP contribution in [0.5, 0.6) is 11.5 Å². The van der Waals surface area contributed by atoms with E-state index in [0.29, 0.717) is 18.6 Å². The highest BCUT2D eigenvalue weighted by Crippen LogP contribution is 2.44. The fourth-order valence-corrected chi connectivity index (χ4v) is 5.36. The predicted molar refractivity (Wildman–Crippen MR) is 144 cm³/mol. The van der Waals surface area contributed by atoms with Crippen molar-refractivity contribution >= 4 is 11.0 Å². The van der Waals surface area contributed by atoms with Crippen LogP contribution in [0.3, 0.4) is 0 Å². The number of fused-ring (bicyclic) bond motifs is 1. The van der Waals surface area contributed by atoms with E-state index in [-0.39, 0.29) is 0 Å². The second kappa shape index (κ2) is 10.8. The maximum atomic E-state index is 6.10. The zero-order valence-corrected chi connectivity index (χ0v) is 20.9. The van der Waals surface area contributed by atoms with E-state index in [4.69, 9.17) is 9.47 Å². The van der Waals surface area contributed by atoms with Crippen LogP contribution in [0.1, 0.15) is 49.3 Å². The van der Waals surface area contributed by atoms with Gasteiger partial charge in [0.25, 0.3) is 0 Å². The number of likely N-dealkylation sites (tertiary alicyclic amines) is 1. The van der Waals surface area contributed by atoms with Crippen LogP contribution in [0.4, 0.5) is 0 Å². The lowest BCUT2D eigenvalue weighted by Crippen LogP contribution is -2.33. The summed E-state index contributed by atoms with van der Waals surface area (Å²) < 4.78 is 14.4. The van der Waals surface area contributed by atoms with Crippen LogP contribution >= 0.6 is 0 Å². The number of benzene rings is 3. The first-order chi connectivity index (χ1) is 17.8. The van der Waals surface area contributed by atoms with Crippen molar-refractivity contribution in [1.29, 1.82) is 0 Å². The minimum atomic E-state index is 0.328. The van der Waals surface area contributed by atoms with Gasteiger partial charge in [0.2, 0.25) is 0 Å². The lowest BCUT2D eigenvalue weighted by Gasteiger charge is -2.26. The largest absolute Gasteiger partial charge is 0.492 e. The molecular formula is C31H35N3O2. The first-order valence-electron chi connectivity index (χ1n) is 13.4. The monoisotopic (exact) mass is 481 g/mol. The summed E-state index contributed by atoms with van der Waals surface area (Å²) in [6.45, 7) is 4.73. The van der Waals surface area contributed by atoms with Gasteiger partial charge in [-0.25, -0.2) is 4.98 Å². The normalized spacial score (nSPS) is 17.2. The van der Waals surface area contributed by atoms with Crippen molar-refractivity contribution in [2.45, 2.75) is 44.8 Å². The number of piperidine rings is 1. The van der Waals surface area contributed by atoms with Crippen molar-refractivity contribution in [3.63, 3.8) is 0 Å². The number of para-hydroxylation sites is 2. The third-order valence-electron chi connectivity index (χ3n) is 7.52. The van der Waals surface area contributed by atoms with Gasteiger partial charge in [0.1, 0.15) is 24.7 Å². The summed E-state index contributed by atoms with van der Waals surface area (Å²) in [5.74, 6) is 2.50. The molecule has 5 nitrogen and oxygen atoms in total. The zero-order valence-electron chi connectivity index (χ0n) is 20.9. The van der Waals surface area contributed by atoms with Crippen LogP contribution in [-0.2, 0) is 6.61 Å². The third-order valence-corrected chi connectivity index (χ3v) is 7.52. The molecule has 1 saturated heterocycles. The molecule has 2 fully saturated rings. The van der Waals surface area contributed by atoms with Crippen molar-refractivity contribution < 1.29 is 9.47 Å². The van der Waals surface area contributed by atoms with Crippen molar-refractivity contribution in [1.82, 2.24) is 14.5 Å². The van der Waals surface area contributed by atoms with Crippen LogP contribution in [-0.4, -0.2) is 40.7 Å². The average molecular weight is 482 g/mol. The van der Waals surface area contributed by atoms with Gasteiger partial charge in [-0.3, -0.25) is 4.90 Å². The topological polar surface area (TPSA) is 39.5 Å². The number of ether oxygens (including phenoxy) is 2. The molecule has 0 spiro atoms. The molecule has 1 saturated carbocycles. The maximum absolute atomic E-state index is 6.10. The molecule has 0 amide bonds. The second-order valence-corrected chi connectivity index (χ2v) is 10.2. The Bertz CT molecular complexity index is 1260. The third kappa shape index (κ3) is 5.41. The zero-order chi connectivity index (χ0) is 24.2. The van der Waals surface area contributed by atoms with E-state index in [1.807, 2.05) is 18.5 Å². The predicted octanol–water partition coefficient (Wildman–Crippen LogP) is 6.48. The first-order valence-corrected chi connectivity index (χ1v) is 13.4. The molecule has 1 aliphatic carbocycles. The van der Waals surface area contributed by atoms with Crippen molar-refractivity contribution in [3.05, 3.63) is 90.3 Å². The molecular weight excluding hydrogens is 446 g/mol. The lowest BCUT2D eigenvalue weighted by molar-refractivity contribution is 0.183. The number of hydrogen-bond donors (Lipinski definition) is 0. The maximum Gasteiger partial charge on any atom is 0.119 e. The fourth-order valence-electron chi connectivity index (χ4n) is 5.36. The Kier molecular flexibility index (Phi) is 6.90. The van der Waals surface area contributed by atoms with E-state index in [9.17, 15) is 0 Å². The molecule has 2 heterocycles. The smallest absolute Gasteiger partial charge is 0.119 e. The Balaban J connectivity index is 1.04. The SMILES string of the molecule is c1ccc2c(c1)ncn2C(c1ccc(OCc2ccc(OCCN3CCCCC3)cc2)cc1)C1CC1. The molecule has 2 aliphatic rings. The molecule has 186 valence electrons. The summed E-state index contributed by atoms with van der Waals surface area (Å²) in [7, 11) is 0. The first kappa shape index (κ1) is 23.1. The van der Waals surface area contributed by atoms with Crippen LogP contribution in [0.25, 0.3) is 11.0 Å². The van der Waals surface area contributed by atoms with Gasteiger partial charge < -0.3 is 14.0 Å². The summed E-state index contributed by atoms with van der Waals surface area (Å²) >= 11 is 0. The Morgan fingerprint density at radius 1 is 0.806 bits per heavy atom. The molecule has 0 bridgehead atoms. The molecule has 5 heteroatoms. The molecule has 4 aromatic rings. The summed E-state index contributed by atoms with van der Waals surface area (Å²) in [5, 5.41) is 0. The summed E-state index contributed by atoms with van der Waals surface area (Å²) in [6, 6.07) is 25.6.